The van der Waals surface area contributed by atoms with Gasteiger partial charge >= 0.3 is 6.18 Å². The number of nitrogens with zero attached hydrogens (tertiary/aromatic N) is 3. The first kappa shape index (κ1) is 12.1. The van der Waals surface area contributed by atoms with Crippen LogP contribution in [-0.4, -0.2) is 29.2 Å². The Hall–Kier alpha value is -1.33. The molecule has 0 unspecified atom stereocenters. The lowest BCUT2D eigenvalue weighted by molar-refractivity contribution is -0.196. The Labute approximate surface area is 97.7 Å². The molecule has 0 spiro atoms. The molecule has 1 fully saturated rings. The van der Waals surface area contributed by atoms with Crippen molar-refractivity contribution in [3.63, 3.8) is 0 Å². The van der Waals surface area contributed by atoms with Crippen LogP contribution in [0.15, 0.2) is 12.4 Å². The van der Waals surface area contributed by atoms with Crippen molar-refractivity contribution in [3.05, 3.63) is 18.1 Å². The molecule has 0 saturated heterocycles. The zero-order chi connectivity index (χ0) is 12.6. The molecule has 3 nitrogen and oxygen atoms in total. The third-order valence-corrected chi connectivity index (χ3v) is 3.23. The molecule has 1 aromatic rings. The largest absolute Gasteiger partial charge is 0.391 e. The Balaban J connectivity index is 1.98. The molecule has 1 aromatic heterocycles. The lowest BCUT2D eigenvalue weighted by Crippen LogP contribution is -2.48. The molecule has 0 bridgehead atoms. The minimum atomic E-state index is -4.06. The summed E-state index contributed by atoms with van der Waals surface area (Å²) in [4.78, 5) is 10.0. The van der Waals surface area contributed by atoms with E-state index in [-0.39, 0.29) is 18.9 Å². The molecule has 0 atom stereocenters. The maximum Gasteiger partial charge on any atom is 0.391 e. The summed E-state index contributed by atoms with van der Waals surface area (Å²) < 4.78 is 37.1. The van der Waals surface area contributed by atoms with Gasteiger partial charge in [0.25, 0.3) is 0 Å². The van der Waals surface area contributed by atoms with Gasteiger partial charge in [-0.05, 0) is 19.8 Å². The molecule has 0 radical (unpaired) electrons. The van der Waals surface area contributed by atoms with Crippen LogP contribution in [0.5, 0.6) is 0 Å². The van der Waals surface area contributed by atoms with E-state index in [1.807, 2.05) is 6.92 Å². The van der Waals surface area contributed by atoms with Gasteiger partial charge in [-0.3, -0.25) is 4.98 Å². The van der Waals surface area contributed by atoms with E-state index in [1.54, 1.807) is 24.3 Å². The second kappa shape index (κ2) is 4.16. The summed E-state index contributed by atoms with van der Waals surface area (Å²) in [5, 5.41) is 0. The van der Waals surface area contributed by atoms with E-state index in [0.29, 0.717) is 5.82 Å². The maximum atomic E-state index is 12.4. The predicted octanol–water partition coefficient (Wildman–Crippen LogP) is 2.56. The number of hydrogen-bond donors (Lipinski definition) is 0. The summed E-state index contributed by atoms with van der Waals surface area (Å²) in [7, 11) is 1.76. The Morgan fingerprint density at radius 1 is 1.29 bits per heavy atom. The Kier molecular flexibility index (Phi) is 2.97. The lowest BCUT2D eigenvalue weighted by atomic mass is 9.79. The van der Waals surface area contributed by atoms with Crippen LogP contribution >= 0.6 is 0 Å². The minimum Gasteiger partial charge on any atom is -0.355 e. The van der Waals surface area contributed by atoms with Crippen LogP contribution in [0.1, 0.15) is 18.5 Å². The van der Waals surface area contributed by atoms with Crippen LogP contribution in [0.4, 0.5) is 19.0 Å². The third-order valence-electron chi connectivity index (χ3n) is 3.23. The molecule has 0 aromatic carbocycles. The summed E-state index contributed by atoms with van der Waals surface area (Å²) >= 11 is 0. The van der Waals surface area contributed by atoms with Gasteiger partial charge in [0.05, 0.1) is 17.8 Å². The number of hydrogen-bond acceptors (Lipinski definition) is 3. The zero-order valence-corrected chi connectivity index (χ0v) is 9.70. The van der Waals surface area contributed by atoms with Crippen molar-refractivity contribution in [2.45, 2.75) is 32.0 Å². The number of aromatic nitrogens is 2. The van der Waals surface area contributed by atoms with Gasteiger partial charge in [-0.1, -0.05) is 0 Å². The highest BCUT2D eigenvalue weighted by Crippen LogP contribution is 2.43. The molecule has 0 N–H and O–H groups in total. The van der Waals surface area contributed by atoms with Crippen molar-refractivity contribution in [1.29, 1.82) is 0 Å². The fourth-order valence-electron chi connectivity index (χ4n) is 1.98. The normalized spacial score (nSPS) is 24.3. The highest BCUT2D eigenvalue weighted by Gasteiger charge is 2.49. The van der Waals surface area contributed by atoms with Crippen LogP contribution in [-0.2, 0) is 0 Å². The molecule has 6 heteroatoms. The third kappa shape index (κ3) is 2.50. The van der Waals surface area contributed by atoms with E-state index in [4.69, 9.17) is 0 Å². The van der Waals surface area contributed by atoms with Gasteiger partial charge in [0.2, 0.25) is 0 Å². The first-order valence-corrected chi connectivity index (χ1v) is 5.46. The Morgan fingerprint density at radius 3 is 2.47 bits per heavy atom. The number of halogens is 3. The van der Waals surface area contributed by atoms with Gasteiger partial charge in [0.15, 0.2) is 0 Å². The monoisotopic (exact) mass is 245 g/mol. The fraction of sp³-hybridized carbons (Fsp3) is 0.636. The molecule has 1 aliphatic carbocycles. The highest BCUT2D eigenvalue weighted by atomic mass is 19.4. The molecule has 0 amide bonds. The van der Waals surface area contributed by atoms with Gasteiger partial charge in [-0.2, -0.15) is 13.2 Å². The zero-order valence-electron chi connectivity index (χ0n) is 9.70. The minimum absolute atomic E-state index is 0.0854. The van der Waals surface area contributed by atoms with Crippen LogP contribution in [0.3, 0.4) is 0 Å². The fourth-order valence-corrected chi connectivity index (χ4v) is 1.98. The molecule has 2 rings (SSSR count). The van der Waals surface area contributed by atoms with E-state index in [0.717, 1.165) is 5.69 Å². The summed E-state index contributed by atoms with van der Waals surface area (Å²) in [6.07, 6.45) is -0.564. The summed E-state index contributed by atoms with van der Waals surface area (Å²) in [6, 6.07) is -0.0854. The van der Waals surface area contributed by atoms with Crippen LogP contribution < -0.4 is 4.90 Å². The van der Waals surface area contributed by atoms with E-state index in [2.05, 4.69) is 9.97 Å². The molecule has 1 saturated carbocycles. The van der Waals surface area contributed by atoms with E-state index in [9.17, 15) is 13.2 Å². The molecular weight excluding hydrogens is 231 g/mol. The summed E-state index contributed by atoms with van der Waals surface area (Å²) in [5.41, 5.74) is 0.765. The van der Waals surface area contributed by atoms with Gasteiger partial charge in [-0.25, -0.2) is 4.98 Å². The number of anilines is 1. The molecule has 17 heavy (non-hydrogen) atoms. The van der Waals surface area contributed by atoms with Crippen molar-refractivity contribution in [1.82, 2.24) is 9.97 Å². The number of rotatable bonds is 2. The van der Waals surface area contributed by atoms with E-state index in [1.165, 1.54) is 0 Å². The summed E-state index contributed by atoms with van der Waals surface area (Å²) in [5.74, 6) is -0.525. The van der Waals surface area contributed by atoms with Crippen molar-refractivity contribution < 1.29 is 13.2 Å². The first-order chi connectivity index (χ1) is 7.88. The van der Waals surface area contributed by atoms with Crippen molar-refractivity contribution in [2.24, 2.45) is 5.92 Å². The standard InChI is InChI=1S/C11H14F3N3/c1-7-5-15-6-10(16-7)17(2)9-3-8(4-9)11(12,13)14/h5-6,8-9H,3-4H2,1-2H3. The summed E-state index contributed by atoms with van der Waals surface area (Å²) in [6.45, 7) is 1.81. The molecule has 0 aliphatic heterocycles. The molecular formula is C11H14F3N3. The quantitative estimate of drug-likeness (QED) is 0.801. The van der Waals surface area contributed by atoms with Crippen LogP contribution in [0.25, 0.3) is 0 Å². The second-order valence-corrected chi connectivity index (χ2v) is 4.49. The molecule has 1 aliphatic rings. The Bertz CT molecular complexity index is 399. The smallest absolute Gasteiger partial charge is 0.355 e. The van der Waals surface area contributed by atoms with Crippen LogP contribution in [0, 0.1) is 12.8 Å². The van der Waals surface area contributed by atoms with E-state index >= 15 is 0 Å². The number of alkyl halides is 3. The second-order valence-electron chi connectivity index (χ2n) is 4.49. The number of aryl methyl sites for hydroxylation is 1. The average Bonchev–Trinajstić information content (AvgIpc) is 2.12. The highest BCUT2D eigenvalue weighted by molar-refractivity contribution is 5.37. The van der Waals surface area contributed by atoms with Crippen molar-refractivity contribution >= 4 is 5.82 Å². The predicted molar refractivity (Wildman–Crippen MR) is 57.7 cm³/mol. The average molecular weight is 245 g/mol. The molecule has 1 heterocycles. The first-order valence-electron chi connectivity index (χ1n) is 5.46. The van der Waals surface area contributed by atoms with Gasteiger partial charge in [0, 0.05) is 19.3 Å². The topological polar surface area (TPSA) is 29.0 Å². The molecule has 94 valence electrons. The van der Waals surface area contributed by atoms with Gasteiger partial charge in [0.1, 0.15) is 5.82 Å². The van der Waals surface area contributed by atoms with Crippen molar-refractivity contribution in [2.75, 3.05) is 11.9 Å². The van der Waals surface area contributed by atoms with Gasteiger partial charge in [-0.15, -0.1) is 0 Å². The SMILES string of the molecule is Cc1cncc(N(C)C2CC(C(F)(F)F)C2)n1. The Morgan fingerprint density at radius 2 is 1.94 bits per heavy atom. The van der Waals surface area contributed by atoms with E-state index < -0.39 is 12.1 Å². The van der Waals surface area contributed by atoms with Gasteiger partial charge < -0.3 is 4.90 Å². The van der Waals surface area contributed by atoms with Crippen molar-refractivity contribution in [3.8, 4) is 0 Å². The maximum absolute atomic E-state index is 12.4. The lowest BCUT2D eigenvalue weighted by Gasteiger charge is -2.42. The van der Waals surface area contributed by atoms with Crippen LogP contribution in [0.2, 0.25) is 0 Å².